The first-order valence-corrected chi connectivity index (χ1v) is 4.17. The number of carboxylic acids is 1. The van der Waals surface area contributed by atoms with Crippen LogP contribution in [0.3, 0.4) is 0 Å². The van der Waals surface area contributed by atoms with E-state index in [-0.39, 0.29) is 5.91 Å². The Hall–Kier alpha value is -1.06. The maximum absolute atomic E-state index is 11.2. The Balaban J connectivity index is 2.63. The molecule has 1 atom stereocenters. The lowest BCUT2D eigenvalue weighted by atomic mass is 10.2. The highest BCUT2D eigenvalue weighted by molar-refractivity contribution is 5.83. The van der Waals surface area contributed by atoms with E-state index in [0.717, 1.165) is 6.42 Å². The number of aliphatic carboxylic acids is 1. The molecule has 0 aliphatic carbocycles. The molecule has 0 unspecified atom stereocenters. The largest absolute Gasteiger partial charge is 0.548 e. The van der Waals surface area contributed by atoms with E-state index in [1.807, 2.05) is 0 Å². The average Bonchev–Trinajstić information content (AvgIpc) is 2.50. The molecule has 1 rings (SSSR count). The smallest absolute Gasteiger partial charge is 0.222 e. The molecule has 1 fully saturated rings. The van der Waals surface area contributed by atoms with Gasteiger partial charge in [0, 0.05) is 13.0 Å². The van der Waals surface area contributed by atoms with E-state index in [9.17, 15) is 14.7 Å². The van der Waals surface area contributed by atoms with Crippen LogP contribution >= 0.6 is 0 Å². The lowest BCUT2D eigenvalue weighted by Gasteiger charge is -2.24. The third-order valence-electron chi connectivity index (χ3n) is 2.15. The van der Waals surface area contributed by atoms with Crippen LogP contribution in [0.15, 0.2) is 0 Å². The number of hydrogen-bond donors (Lipinski definition) is 0. The molecule has 0 bridgehead atoms. The highest BCUT2D eigenvalue weighted by Gasteiger charge is 2.28. The summed E-state index contributed by atoms with van der Waals surface area (Å²) < 4.78 is 0. The molecule has 1 amide bonds. The zero-order chi connectivity index (χ0) is 9.14. The number of carbonyl (C=O) groups is 2. The Kier molecular flexibility index (Phi) is 2.68. The molecule has 1 heterocycles. The number of amides is 1. The quantitative estimate of drug-likeness (QED) is 0.541. The first kappa shape index (κ1) is 9.03. The minimum Gasteiger partial charge on any atom is -0.548 e. The van der Waals surface area contributed by atoms with E-state index < -0.39 is 12.0 Å². The lowest BCUT2D eigenvalue weighted by Crippen LogP contribution is -2.46. The molecule has 4 heteroatoms. The molecule has 0 aromatic carbocycles. The van der Waals surface area contributed by atoms with Gasteiger partial charge in [0.15, 0.2) is 0 Å². The van der Waals surface area contributed by atoms with Crippen LogP contribution in [0.4, 0.5) is 0 Å². The summed E-state index contributed by atoms with van der Waals surface area (Å²) in [5.74, 6) is -1.23. The van der Waals surface area contributed by atoms with Gasteiger partial charge in [-0.3, -0.25) is 4.79 Å². The van der Waals surface area contributed by atoms with Crippen LogP contribution in [-0.2, 0) is 9.59 Å². The van der Waals surface area contributed by atoms with Crippen molar-refractivity contribution in [3.8, 4) is 0 Å². The average molecular weight is 170 g/mol. The second kappa shape index (κ2) is 3.56. The standard InChI is InChI=1S/C8H13NO3/c1-2-7(10)9-5-3-4-6(9)8(11)12/h6H,2-5H2,1H3,(H,11,12)/p-1/t6-/m1/s1. The molecule has 1 saturated heterocycles. The first-order valence-electron chi connectivity index (χ1n) is 4.17. The van der Waals surface area contributed by atoms with Crippen LogP contribution in [0, 0.1) is 0 Å². The van der Waals surface area contributed by atoms with E-state index >= 15 is 0 Å². The van der Waals surface area contributed by atoms with Crippen molar-refractivity contribution >= 4 is 11.9 Å². The maximum atomic E-state index is 11.2. The highest BCUT2D eigenvalue weighted by atomic mass is 16.4. The zero-order valence-electron chi connectivity index (χ0n) is 7.08. The zero-order valence-corrected chi connectivity index (χ0v) is 7.08. The molecule has 1 aliphatic rings. The van der Waals surface area contributed by atoms with Crippen LogP contribution < -0.4 is 5.11 Å². The monoisotopic (exact) mass is 170 g/mol. The molecule has 12 heavy (non-hydrogen) atoms. The Morgan fingerprint density at radius 1 is 1.58 bits per heavy atom. The normalized spacial score (nSPS) is 22.8. The van der Waals surface area contributed by atoms with E-state index in [2.05, 4.69) is 0 Å². The van der Waals surface area contributed by atoms with E-state index in [1.165, 1.54) is 4.90 Å². The van der Waals surface area contributed by atoms with E-state index in [4.69, 9.17) is 0 Å². The molecule has 0 N–H and O–H groups in total. The van der Waals surface area contributed by atoms with Crippen molar-refractivity contribution in [2.45, 2.75) is 32.2 Å². The summed E-state index contributed by atoms with van der Waals surface area (Å²) in [4.78, 5) is 23.1. The van der Waals surface area contributed by atoms with Crippen molar-refractivity contribution < 1.29 is 14.7 Å². The molecule has 4 nitrogen and oxygen atoms in total. The molecule has 0 saturated carbocycles. The minimum absolute atomic E-state index is 0.0956. The summed E-state index contributed by atoms with van der Waals surface area (Å²) in [5.41, 5.74) is 0. The van der Waals surface area contributed by atoms with Crippen LogP contribution in [0.2, 0.25) is 0 Å². The fraction of sp³-hybridized carbons (Fsp3) is 0.750. The summed E-state index contributed by atoms with van der Waals surface area (Å²) in [5, 5.41) is 10.5. The van der Waals surface area contributed by atoms with Crippen molar-refractivity contribution in [2.24, 2.45) is 0 Å². The number of nitrogens with zero attached hydrogens (tertiary/aromatic N) is 1. The summed E-state index contributed by atoms with van der Waals surface area (Å²) in [6.07, 6.45) is 1.67. The number of likely N-dealkylation sites (tertiary alicyclic amines) is 1. The van der Waals surface area contributed by atoms with Crippen LogP contribution in [0.25, 0.3) is 0 Å². The van der Waals surface area contributed by atoms with Gasteiger partial charge >= 0.3 is 0 Å². The molecular weight excluding hydrogens is 158 g/mol. The summed E-state index contributed by atoms with van der Waals surface area (Å²) >= 11 is 0. The van der Waals surface area contributed by atoms with Crippen LogP contribution in [-0.4, -0.2) is 29.4 Å². The Morgan fingerprint density at radius 3 is 2.75 bits per heavy atom. The Bertz CT molecular complexity index is 202. The predicted octanol–water partition coefficient (Wildman–Crippen LogP) is -0.863. The number of rotatable bonds is 2. The summed E-state index contributed by atoms with van der Waals surface area (Å²) in [6.45, 7) is 2.29. The number of hydrogen-bond acceptors (Lipinski definition) is 3. The minimum atomic E-state index is -1.13. The van der Waals surface area contributed by atoms with Crippen molar-refractivity contribution in [3.63, 3.8) is 0 Å². The number of carbonyl (C=O) groups excluding carboxylic acids is 2. The van der Waals surface area contributed by atoms with Gasteiger partial charge in [0.1, 0.15) is 0 Å². The van der Waals surface area contributed by atoms with Crippen LogP contribution in [0.5, 0.6) is 0 Å². The third kappa shape index (κ3) is 1.57. The molecule has 0 aromatic rings. The number of carboxylic acid groups (broad SMARTS) is 1. The van der Waals surface area contributed by atoms with E-state index in [0.29, 0.717) is 19.4 Å². The molecule has 0 spiro atoms. The van der Waals surface area contributed by atoms with Gasteiger partial charge in [0.2, 0.25) is 5.91 Å². The van der Waals surface area contributed by atoms with E-state index in [1.54, 1.807) is 6.92 Å². The van der Waals surface area contributed by atoms with Crippen molar-refractivity contribution in [1.29, 1.82) is 0 Å². The summed E-state index contributed by atoms with van der Waals surface area (Å²) in [7, 11) is 0. The van der Waals surface area contributed by atoms with Gasteiger partial charge in [-0.1, -0.05) is 6.92 Å². The first-order chi connectivity index (χ1) is 5.66. The van der Waals surface area contributed by atoms with Gasteiger partial charge in [-0.25, -0.2) is 0 Å². The molecule has 0 radical (unpaired) electrons. The molecule has 0 aromatic heterocycles. The predicted molar refractivity (Wildman–Crippen MR) is 40.0 cm³/mol. The van der Waals surface area contributed by atoms with Gasteiger partial charge in [-0.2, -0.15) is 0 Å². The fourth-order valence-corrected chi connectivity index (χ4v) is 1.51. The van der Waals surface area contributed by atoms with Gasteiger partial charge in [0.25, 0.3) is 0 Å². The van der Waals surface area contributed by atoms with Crippen LogP contribution in [0.1, 0.15) is 26.2 Å². The molecular formula is C8H12NO3-. The summed E-state index contributed by atoms with van der Waals surface area (Å²) in [6, 6.07) is -0.683. The Morgan fingerprint density at radius 2 is 2.25 bits per heavy atom. The van der Waals surface area contributed by atoms with Gasteiger partial charge < -0.3 is 14.8 Å². The van der Waals surface area contributed by atoms with Gasteiger partial charge in [0.05, 0.1) is 12.0 Å². The molecule has 68 valence electrons. The fourth-order valence-electron chi connectivity index (χ4n) is 1.51. The Labute approximate surface area is 71.2 Å². The SMILES string of the molecule is CCC(=O)N1CCC[C@@H]1C(=O)[O-]. The topological polar surface area (TPSA) is 60.4 Å². The van der Waals surface area contributed by atoms with Gasteiger partial charge in [-0.15, -0.1) is 0 Å². The van der Waals surface area contributed by atoms with Crippen molar-refractivity contribution in [2.75, 3.05) is 6.54 Å². The van der Waals surface area contributed by atoms with Crippen molar-refractivity contribution in [1.82, 2.24) is 4.90 Å². The third-order valence-corrected chi connectivity index (χ3v) is 2.15. The van der Waals surface area contributed by atoms with Gasteiger partial charge in [-0.05, 0) is 12.8 Å². The maximum Gasteiger partial charge on any atom is 0.222 e. The second-order valence-corrected chi connectivity index (χ2v) is 2.92. The lowest BCUT2D eigenvalue weighted by molar-refractivity contribution is -0.310. The highest BCUT2D eigenvalue weighted by Crippen LogP contribution is 2.17. The molecule has 1 aliphatic heterocycles. The van der Waals surface area contributed by atoms with Crippen molar-refractivity contribution in [3.05, 3.63) is 0 Å². The second-order valence-electron chi connectivity index (χ2n) is 2.92.